The maximum Gasteiger partial charge on any atom is 0.407 e. The van der Waals surface area contributed by atoms with Crippen molar-refractivity contribution < 1.29 is 19.7 Å². The van der Waals surface area contributed by atoms with Gasteiger partial charge in [0.2, 0.25) is 0 Å². The van der Waals surface area contributed by atoms with Gasteiger partial charge in [-0.1, -0.05) is 17.7 Å². The number of hydrogen-bond donors (Lipinski definition) is 3. The molecule has 6 heteroatoms. The van der Waals surface area contributed by atoms with Crippen molar-refractivity contribution in [2.24, 2.45) is 0 Å². The SMILES string of the molecule is Cc1cc(Cl)ccc1C(O)C(O)CNC(=O)OC(C)(C)C. The van der Waals surface area contributed by atoms with Gasteiger partial charge in [-0.2, -0.15) is 0 Å². The first-order chi connectivity index (χ1) is 9.60. The van der Waals surface area contributed by atoms with E-state index in [9.17, 15) is 15.0 Å². The summed E-state index contributed by atoms with van der Waals surface area (Å²) in [5.74, 6) is 0. The third-order valence-electron chi connectivity index (χ3n) is 2.77. The molecule has 2 unspecified atom stereocenters. The van der Waals surface area contributed by atoms with Gasteiger partial charge in [-0.3, -0.25) is 0 Å². The largest absolute Gasteiger partial charge is 0.444 e. The van der Waals surface area contributed by atoms with E-state index in [2.05, 4.69) is 5.32 Å². The summed E-state index contributed by atoms with van der Waals surface area (Å²) in [6.45, 7) is 6.91. The number of alkyl carbamates (subject to hydrolysis) is 1. The lowest BCUT2D eigenvalue weighted by atomic mass is 9.99. The number of halogens is 1. The third kappa shape index (κ3) is 5.91. The van der Waals surface area contributed by atoms with Crippen molar-refractivity contribution in [1.82, 2.24) is 5.32 Å². The smallest absolute Gasteiger partial charge is 0.407 e. The second-order valence-corrected chi connectivity index (χ2v) is 6.33. The summed E-state index contributed by atoms with van der Waals surface area (Å²) < 4.78 is 5.05. The molecule has 5 nitrogen and oxygen atoms in total. The number of rotatable bonds is 4. The van der Waals surface area contributed by atoms with Crippen molar-refractivity contribution >= 4 is 17.7 Å². The number of carbonyl (C=O) groups is 1. The number of aryl methyl sites for hydroxylation is 1. The minimum atomic E-state index is -1.14. The number of benzene rings is 1. The summed E-state index contributed by atoms with van der Waals surface area (Å²) >= 11 is 5.85. The molecule has 0 aliphatic carbocycles. The molecular formula is C15H22ClNO4. The summed E-state index contributed by atoms with van der Waals surface area (Å²) in [7, 11) is 0. The fourth-order valence-electron chi connectivity index (χ4n) is 1.79. The van der Waals surface area contributed by atoms with Crippen LogP contribution in [0.15, 0.2) is 18.2 Å². The number of hydrogen-bond acceptors (Lipinski definition) is 4. The predicted molar refractivity (Wildman–Crippen MR) is 81.4 cm³/mol. The maximum atomic E-state index is 11.5. The highest BCUT2D eigenvalue weighted by molar-refractivity contribution is 6.30. The van der Waals surface area contributed by atoms with E-state index in [4.69, 9.17) is 16.3 Å². The van der Waals surface area contributed by atoms with E-state index >= 15 is 0 Å². The minimum absolute atomic E-state index is 0.113. The molecule has 0 saturated carbocycles. The van der Waals surface area contributed by atoms with Gasteiger partial charge < -0.3 is 20.3 Å². The van der Waals surface area contributed by atoms with Gasteiger partial charge in [-0.05, 0) is 51.0 Å². The first-order valence-electron chi connectivity index (χ1n) is 6.69. The molecule has 0 radical (unpaired) electrons. The Bertz CT molecular complexity index is 499. The van der Waals surface area contributed by atoms with Gasteiger partial charge >= 0.3 is 6.09 Å². The number of carbonyl (C=O) groups excluding carboxylic acids is 1. The average molecular weight is 316 g/mol. The van der Waals surface area contributed by atoms with Gasteiger partial charge in [0.05, 0.1) is 0 Å². The summed E-state index contributed by atoms with van der Waals surface area (Å²) in [6.07, 6.45) is -2.89. The van der Waals surface area contributed by atoms with Gasteiger partial charge in [0.15, 0.2) is 0 Å². The molecule has 1 aromatic rings. The molecule has 1 aromatic carbocycles. The Morgan fingerprint density at radius 1 is 1.38 bits per heavy atom. The monoisotopic (exact) mass is 315 g/mol. The van der Waals surface area contributed by atoms with Crippen molar-refractivity contribution in [1.29, 1.82) is 0 Å². The molecule has 21 heavy (non-hydrogen) atoms. The number of aliphatic hydroxyl groups excluding tert-OH is 2. The second kappa shape index (κ2) is 7.11. The molecule has 2 atom stereocenters. The zero-order valence-corrected chi connectivity index (χ0v) is 13.4. The Kier molecular flexibility index (Phi) is 6.01. The molecule has 1 amide bonds. The van der Waals surface area contributed by atoms with Crippen LogP contribution in [-0.2, 0) is 4.74 Å². The molecule has 0 spiro atoms. The van der Waals surface area contributed by atoms with Crippen molar-refractivity contribution in [3.63, 3.8) is 0 Å². The Hall–Kier alpha value is -1.30. The topological polar surface area (TPSA) is 78.8 Å². The van der Waals surface area contributed by atoms with Crippen LogP contribution in [0.5, 0.6) is 0 Å². The molecule has 0 aliphatic heterocycles. The minimum Gasteiger partial charge on any atom is -0.444 e. The van der Waals surface area contributed by atoms with Crippen LogP contribution in [0.1, 0.15) is 38.0 Å². The van der Waals surface area contributed by atoms with Crippen LogP contribution < -0.4 is 5.32 Å². The molecule has 3 N–H and O–H groups in total. The maximum absolute atomic E-state index is 11.5. The number of nitrogens with one attached hydrogen (secondary N) is 1. The van der Waals surface area contributed by atoms with E-state index < -0.39 is 23.9 Å². The second-order valence-electron chi connectivity index (χ2n) is 5.90. The van der Waals surface area contributed by atoms with Crippen LogP contribution in [0.2, 0.25) is 5.02 Å². The molecule has 0 bridgehead atoms. The van der Waals surface area contributed by atoms with E-state index in [1.165, 1.54) is 0 Å². The third-order valence-corrected chi connectivity index (χ3v) is 3.00. The Morgan fingerprint density at radius 3 is 2.52 bits per heavy atom. The lowest BCUT2D eigenvalue weighted by molar-refractivity contribution is 0.0126. The molecule has 0 fully saturated rings. The Morgan fingerprint density at radius 2 is 2.00 bits per heavy atom. The number of aliphatic hydroxyl groups is 2. The lowest BCUT2D eigenvalue weighted by Crippen LogP contribution is -2.39. The van der Waals surface area contributed by atoms with Crippen LogP contribution in [0.25, 0.3) is 0 Å². The van der Waals surface area contributed by atoms with E-state index in [0.29, 0.717) is 10.6 Å². The molecule has 0 saturated heterocycles. The van der Waals surface area contributed by atoms with Crippen LogP contribution in [-0.4, -0.2) is 34.6 Å². The molecule has 0 aliphatic rings. The standard InChI is InChI=1S/C15H22ClNO4/c1-9-7-10(16)5-6-11(9)13(19)12(18)8-17-14(20)21-15(2,3)4/h5-7,12-13,18-19H,8H2,1-4H3,(H,17,20). The van der Waals surface area contributed by atoms with Crippen LogP contribution in [0.3, 0.4) is 0 Å². The van der Waals surface area contributed by atoms with Crippen LogP contribution in [0, 0.1) is 6.92 Å². The summed E-state index contributed by atoms with van der Waals surface area (Å²) in [5, 5.41) is 23.1. The highest BCUT2D eigenvalue weighted by Crippen LogP contribution is 2.23. The summed E-state index contributed by atoms with van der Waals surface area (Å²) in [4.78, 5) is 11.5. The zero-order chi connectivity index (χ0) is 16.2. The van der Waals surface area contributed by atoms with Crippen molar-refractivity contribution in [2.45, 2.75) is 45.5 Å². The molecular weight excluding hydrogens is 294 g/mol. The predicted octanol–water partition coefficient (Wildman–Crippen LogP) is 2.57. The molecule has 118 valence electrons. The van der Waals surface area contributed by atoms with Crippen LogP contribution >= 0.6 is 11.6 Å². The average Bonchev–Trinajstić information content (AvgIpc) is 2.33. The lowest BCUT2D eigenvalue weighted by Gasteiger charge is -2.23. The van der Waals surface area contributed by atoms with Crippen molar-refractivity contribution in [3.8, 4) is 0 Å². The van der Waals surface area contributed by atoms with E-state index in [1.807, 2.05) is 0 Å². The fraction of sp³-hybridized carbons (Fsp3) is 0.533. The fourth-order valence-corrected chi connectivity index (χ4v) is 2.02. The first kappa shape index (κ1) is 17.8. The van der Waals surface area contributed by atoms with E-state index in [1.54, 1.807) is 45.9 Å². The van der Waals surface area contributed by atoms with Crippen LogP contribution in [0.4, 0.5) is 4.79 Å². The van der Waals surface area contributed by atoms with E-state index in [-0.39, 0.29) is 6.54 Å². The highest BCUT2D eigenvalue weighted by Gasteiger charge is 2.22. The Labute approximate surface area is 129 Å². The normalized spacial score (nSPS) is 14.4. The summed E-state index contributed by atoms with van der Waals surface area (Å²) in [5.41, 5.74) is 0.727. The van der Waals surface area contributed by atoms with Gasteiger partial charge in [-0.15, -0.1) is 0 Å². The number of ether oxygens (including phenoxy) is 1. The van der Waals surface area contributed by atoms with Gasteiger partial charge in [0.25, 0.3) is 0 Å². The summed E-state index contributed by atoms with van der Waals surface area (Å²) in [6, 6.07) is 4.99. The molecule has 0 aromatic heterocycles. The molecule has 1 rings (SSSR count). The first-order valence-corrected chi connectivity index (χ1v) is 7.07. The van der Waals surface area contributed by atoms with Crippen molar-refractivity contribution in [2.75, 3.05) is 6.54 Å². The molecule has 0 heterocycles. The van der Waals surface area contributed by atoms with Gasteiger partial charge in [0.1, 0.15) is 17.8 Å². The number of amides is 1. The van der Waals surface area contributed by atoms with E-state index in [0.717, 1.165) is 5.56 Å². The van der Waals surface area contributed by atoms with Gasteiger partial charge in [-0.25, -0.2) is 4.79 Å². The van der Waals surface area contributed by atoms with Crippen molar-refractivity contribution in [3.05, 3.63) is 34.3 Å². The quantitative estimate of drug-likeness (QED) is 0.798. The van der Waals surface area contributed by atoms with Gasteiger partial charge in [0, 0.05) is 11.6 Å². The highest BCUT2D eigenvalue weighted by atomic mass is 35.5. The Balaban J connectivity index is 2.59. The zero-order valence-electron chi connectivity index (χ0n) is 12.7.